The molecule has 0 aliphatic rings. The maximum Gasteiger partial charge on any atom is 0.469 e. The zero-order valence-corrected chi connectivity index (χ0v) is 15.8. The lowest BCUT2D eigenvalue weighted by atomic mass is 10.1. The molecule has 0 bridgehead atoms. The highest BCUT2D eigenvalue weighted by atomic mass is 31.2. The number of nitrogens with zero attached hydrogens (tertiary/aromatic N) is 2. The fourth-order valence-electron chi connectivity index (χ4n) is 2.15. The van der Waals surface area contributed by atoms with Crippen molar-refractivity contribution < 1.29 is 43.8 Å². The highest BCUT2D eigenvalue weighted by molar-refractivity contribution is 7.46. The number of rotatable bonds is 11. The average molecular weight is 419 g/mol. The van der Waals surface area contributed by atoms with Gasteiger partial charge in [-0.15, -0.1) is 0 Å². The number of hydrogen-bond acceptors (Lipinski definition) is 8. The van der Waals surface area contributed by atoms with Crippen molar-refractivity contribution in [2.24, 2.45) is 10.7 Å². The van der Waals surface area contributed by atoms with Gasteiger partial charge in [0.05, 0.1) is 12.3 Å². The predicted molar refractivity (Wildman–Crippen MR) is 96.0 cm³/mol. The molecule has 0 radical (unpaired) electrons. The highest BCUT2D eigenvalue weighted by Crippen LogP contribution is 2.37. The summed E-state index contributed by atoms with van der Waals surface area (Å²) in [7, 11) is -4.77. The number of carboxylic acid groups (broad SMARTS) is 2. The van der Waals surface area contributed by atoms with E-state index in [9.17, 15) is 24.4 Å². The summed E-state index contributed by atoms with van der Waals surface area (Å²) in [6.07, 6.45) is 2.53. The summed E-state index contributed by atoms with van der Waals surface area (Å²) in [5.74, 6) is -2.80. The van der Waals surface area contributed by atoms with Gasteiger partial charge in [-0.2, -0.15) is 0 Å². The minimum absolute atomic E-state index is 0.00591. The summed E-state index contributed by atoms with van der Waals surface area (Å²) < 4.78 is 15.3. The van der Waals surface area contributed by atoms with Crippen LogP contribution in [0.1, 0.15) is 36.1 Å². The highest BCUT2D eigenvalue weighted by Gasteiger charge is 2.20. The Balaban J connectivity index is 2.98. The van der Waals surface area contributed by atoms with Gasteiger partial charge in [-0.1, -0.05) is 0 Å². The molecule has 28 heavy (non-hydrogen) atoms. The van der Waals surface area contributed by atoms with Crippen LogP contribution in [0.4, 0.5) is 0 Å². The quantitative estimate of drug-likeness (QED) is 0.210. The van der Waals surface area contributed by atoms with Gasteiger partial charge in [-0.3, -0.25) is 19.3 Å². The zero-order chi connectivity index (χ0) is 21.5. The van der Waals surface area contributed by atoms with Crippen molar-refractivity contribution in [2.45, 2.75) is 44.9 Å². The summed E-state index contributed by atoms with van der Waals surface area (Å²) in [5.41, 5.74) is 5.66. The molecule has 156 valence electrons. The Kier molecular flexibility index (Phi) is 8.66. The third-order valence-corrected chi connectivity index (χ3v) is 4.19. The molecular formula is C15H22N3O9P. The average Bonchev–Trinajstić information content (AvgIpc) is 2.58. The molecule has 0 amide bonds. The maximum absolute atomic E-state index is 11.4. The summed E-state index contributed by atoms with van der Waals surface area (Å²) >= 11 is 0. The number of aromatic hydroxyl groups is 1. The normalized spacial score (nSPS) is 14.1. The van der Waals surface area contributed by atoms with Crippen molar-refractivity contribution in [1.82, 2.24) is 4.98 Å². The van der Waals surface area contributed by atoms with E-state index in [1.54, 1.807) is 0 Å². The molecule has 0 aliphatic heterocycles. The first-order valence-corrected chi connectivity index (χ1v) is 9.57. The lowest BCUT2D eigenvalue weighted by Gasteiger charge is -2.12. The van der Waals surface area contributed by atoms with Crippen molar-refractivity contribution in [1.29, 1.82) is 0 Å². The SMILES string of the molecule is Cc1ncc(COP(=O)(O)O)c(C=N[C@@H](CCC[C@H](N)C(=O)O)C(=O)O)c1O. The first-order chi connectivity index (χ1) is 12.9. The Morgan fingerprint density at radius 1 is 1.32 bits per heavy atom. The van der Waals surface area contributed by atoms with Gasteiger partial charge >= 0.3 is 19.8 Å². The van der Waals surface area contributed by atoms with Gasteiger partial charge in [-0.25, -0.2) is 9.36 Å². The molecule has 0 unspecified atom stereocenters. The van der Waals surface area contributed by atoms with Gasteiger partial charge in [0.15, 0.2) is 0 Å². The van der Waals surface area contributed by atoms with Crippen LogP contribution in [0, 0.1) is 6.92 Å². The predicted octanol–water partition coefficient (Wildman–Crippen LogP) is 0.159. The molecule has 0 saturated carbocycles. The summed E-state index contributed by atoms with van der Waals surface area (Å²) in [6.45, 7) is 0.889. The van der Waals surface area contributed by atoms with Crippen molar-refractivity contribution in [3.63, 3.8) is 0 Å². The monoisotopic (exact) mass is 419 g/mol. The van der Waals surface area contributed by atoms with Crippen LogP contribution in [0.5, 0.6) is 5.75 Å². The van der Waals surface area contributed by atoms with Crippen LogP contribution in [0.15, 0.2) is 11.2 Å². The third-order valence-electron chi connectivity index (χ3n) is 3.72. The van der Waals surface area contributed by atoms with E-state index in [2.05, 4.69) is 14.5 Å². The Morgan fingerprint density at radius 3 is 2.50 bits per heavy atom. The maximum atomic E-state index is 11.4. The molecule has 1 rings (SSSR count). The molecule has 0 spiro atoms. The van der Waals surface area contributed by atoms with Crippen LogP contribution in [0.2, 0.25) is 0 Å². The van der Waals surface area contributed by atoms with Crippen LogP contribution in [-0.2, 0) is 25.3 Å². The molecule has 0 fully saturated rings. The fourth-order valence-corrected chi connectivity index (χ4v) is 2.45. The van der Waals surface area contributed by atoms with Crippen molar-refractivity contribution in [3.05, 3.63) is 23.0 Å². The van der Waals surface area contributed by atoms with Crippen molar-refractivity contribution >= 4 is 26.0 Å². The summed E-state index contributed by atoms with van der Waals surface area (Å²) in [5, 5.41) is 28.1. The summed E-state index contributed by atoms with van der Waals surface area (Å²) in [6, 6.07) is -2.34. The second-order valence-corrected chi connectivity index (χ2v) is 7.14. The first kappa shape index (κ1) is 23.7. The van der Waals surface area contributed by atoms with E-state index in [0.717, 1.165) is 6.21 Å². The van der Waals surface area contributed by atoms with Crippen LogP contribution in [0.25, 0.3) is 0 Å². The Morgan fingerprint density at radius 2 is 1.96 bits per heavy atom. The number of pyridine rings is 1. The molecule has 0 aromatic carbocycles. The molecule has 0 saturated heterocycles. The number of aromatic nitrogens is 1. The standard InChI is InChI=1S/C15H22N3O9P/c1-8-13(19)10(9(5-17-8)7-27-28(24,25)26)6-18-12(15(22)23)4-2-3-11(16)14(20)21/h5-6,11-12,19H,2-4,7,16H2,1H3,(H,20,21)(H,22,23)(H2,24,25,26)/t11-,12-/m0/s1. The number of hydrogen-bond donors (Lipinski definition) is 6. The second-order valence-electron chi connectivity index (χ2n) is 5.90. The van der Waals surface area contributed by atoms with Crippen LogP contribution >= 0.6 is 7.82 Å². The molecule has 1 aromatic heterocycles. The Hall–Kier alpha value is -2.37. The number of carboxylic acids is 2. The van der Waals surface area contributed by atoms with E-state index < -0.39 is 38.5 Å². The number of phosphoric acid groups is 1. The van der Waals surface area contributed by atoms with E-state index >= 15 is 0 Å². The lowest BCUT2D eigenvalue weighted by molar-refractivity contribution is -0.138. The lowest BCUT2D eigenvalue weighted by Crippen LogP contribution is -2.30. The molecule has 0 aliphatic carbocycles. The molecular weight excluding hydrogens is 397 g/mol. The smallest absolute Gasteiger partial charge is 0.469 e. The second kappa shape index (κ2) is 10.2. The number of aryl methyl sites for hydroxylation is 1. The van der Waals surface area contributed by atoms with E-state index in [1.165, 1.54) is 13.1 Å². The van der Waals surface area contributed by atoms with Crippen molar-refractivity contribution in [3.8, 4) is 5.75 Å². The van der Waals surface area contributed by atoms with Crippen LogP contribution in [0.3, 0.4) is 0 Å². The fraction of sp³-hybridized carbons (Fsp3) is 0.467. The minimum Gasteiger partial charge on any atom is -0.505 e. The van der Waals surface area contributed by atoms with Gasteiger partial charge in [-0.05, 0) is 26.2 Å². The minimum atomic E-state index is -4.77. The van der Waals surface area contributed by atoms with Gasteiger partial charge < -0.3 is 30.8 Å². The molecule has 7 N–H and O–H groups in total. The number of aliphatic carboxylic acids is 2. The van der Waals surface area contributed by atoms with E-state index in [-0.39, 0.29) is 41.8 Å². The molecule has 2 atom stereocenters. The van der Waals surface area contributed by atoms with Gasteiger partial charge in [0.1, 0.15) is 17.8 Å². The molecule has 1 heterocycles. The van der Waals surface area contributed by atoms with Gasteiger partial charge in [0.25, 0.3) is 0 Å². The topological polar surface area (TPSA) is 213 Å². The molecule has 1 aromatic rings. The third kappa shape index (κ3) is 7.71. The summed E-state index contributed by atoms with van der Waals surface area (Å²) in [4.78, 5) is 47.4. The van der Waals surface area contributed by atoms with E-state index in [4.69, 9.17) is 20.6 Å². The van der Waals surface area contributed by atoms with E-state index in [1.807, 2.05) is 0 Å². The number of aliphatic imine (C=N–C) groups is 1. The van der Waals surface area contributed by atoms with Crippen LogP contribution in [-0.4, -0.2) is 60.3 Å². The Bertz CT molecular complexity index is 793. The van der Waals surface area contributed by atoms with Gasteiger partial charge in [0, 0.05) is 23.5 Å². The molecule has 12 nitrogen and oxygen atoms in total. The number of carbonyl (C=O) groups is 2. The number of nitrogens with two attached hydrogens (primary N) is 1. The molecule has 13 heteroatoms. The van der Waals surface area contributed by atoms with Crippen LogP contribution < -0.4 is 5.73 Å². The van der Waals surface area contributed by atoms with Crippen molar-refractivity contribution in [2.75, 3.05) is 0 Å². The first-order valence-electron chi connectivity index (χ1n) is 8.04. The van der Waals surface area contributed by atoms with Gasteiger partial charge in [0.2, 0.25) is 0 Å². The van der Waals surface area contributed by atoms with E-state index in [0.29, 0.717) is 0 Å². The Labute approximate surface area is 159 Å². The zero-order valence-electron chi connectivity index (χ0n) is 14.9. The largest absolute Gasteiger partial charge is 0.505 e. The number of phosphoric ester groups is 1.